The molecule has 4 heterocycles. The number of rotatable bonds is 9. The van der Waals surface area contributed by atoms with E-state index in [4.69, 9.17) is 0 Å². The fraction of sp³-hybridized carbons (Fsp3) is 0.357. The van der Waals surface area contributed by atoms with E-state index in [9.17, 15) is 24.0 Å². The molecule has 1 saturated carbocycles. The molecule has 2 amide bonds. The lowest BCUT2D eigenvalue weighted by atomic mass is 9.90. The third kappa shape index (κ3) is 6.83. The van der Waals surface area contributed by atoms with Gasteiger partial charge in [0.15, 0.2) is 0 Å². The Kier molecular flexibility index (Phi) is 9.40. The monoisotopic (exact) mass is 745 g/mol. The van der Waals surface area contributed by atoms with Crippen LogP contribution in [-0.2, 0) is 16.6 Å². The predicted octanol–water partition coefficient (Wildman–Crippen LogP) is 5.53. The Labute approximate surface area is 316 Å². The smallest absolute Gasteiger partial charge is 0.336 e. The zero-order valence-electron chi connectivity index (χ0n) is 31.2. The molecule has 1 aliphatic carbocycles. The minimum atomic E-state index is -0.526. The highest BCUT2D eigenvalue weighted by molar-refractivity contribution is 6.01. The van der Waals surface area contributed by atoms with E-state index in [1.54, 1.807) is 32.0 Å². The van der Waals surface area contributed by atoms with E-state index < -0.39 is 22.6 Å². The second-order valence-corrected chi connectivity index (χ2v) is 15.2. The van der Waals surface area contributed by atoms with Gasteiger partial charge in [-0.3, -0.25) is 38.2 Å². The molecule has 3 N–H and O–H groups in total. The van der Waals surface area contributed by atoms with Gasteiger partial charge in [0, 0.05) is 56.1 Å². The fourth-order valence-corrected chi connectivity index (χ4v) is 8.05. The number of benzene rings is 3. The number of hydrogen-bond donors (Lipinski definition) is 3. The number of hydrogen-bond acceptors (Lipinski definition) is 8. The number of pyridine rings is 1. The van der Waals surface area contributed by atoms with E-state index >= 15 is 4.39 Å². The van der Waals surface area contributed by atoms with E-state index in [2.05, 4.69) is 33.0 Å². The second kappa shape index (κ2) is 14.3. The summed E-state index contributed by atoms with van der Waals surface area (Å²) in [4.78, 5) is 68.4. The summed E-state index contributed by atoms with van der Waals surface area (Å²) in [6, 6.07) is 20.0. The predicted molar refractivity (Wildman–Crippen MR) is 211 cm³/mol. The minimum absolute atomic E-state index is 0.112. The molecule has 2 saturated heterocycles. The standard InChI is InChI=1S/C42H44FN7O5/c1-24-7-15-34(33(43)21-24)45-38-36-37(25(2)40(53)47(38)3)49(42(55)50(41(36)54)30-12-13-30)31-6-4-5-28(22-31)44-23-26-17-19-48(20-18-26)29-10-8-27(9-11-29)32-14-16-35(51)46-39(32)52/h4-11,15,21-22,26,30,32,44-45H,12-14,16-20,23H2,1-3H3,(H,46,51,52)/t32-/m0/s1. The number of carbonyl (C=O) groups excluding carboxylic acids is 2. The Bertz CT molecular complexity index is 2530. The maximum Gasteiger partial charge on any atom is 0.336 e. The summed E-state index contributed by atoms with van der Waals surface area (Å²) in [6.45, 7) is 5.87. The van der Waals surface area contributed by atoms with Crippen molar-refractivity contribution in [2.75, 3.05) is 35.2 Å². The number of amides is 2. The van der Waals surface area contributed by atoms with Crippen molar-refractivity contribution in [3.63, 3.8) is 0 Å². The Hall–Kier alpha value is -5.98. The first-order chi connectivity index (χ1) is 26.5. The minimum Gasteiger partial charge on any atom is -0.385 e. The number of aromatic nitrogens is 3. The molecule has 3 aliphatic rings. The number of anilines is 4. The molecule has 0 bridgehead atoms. The van der Waals surface area contributed by atoms with Crippen LogP contribution in [0.4, 0.5) is 27.3 Å². The summed E-state index contributed by atoms with van der Waals surface area (Å²) in [7, 11) is 1.54. The van der Waals surface area contributed by atoms with Gasteiger partial charge in [-0.05, 0) is 105 Å². The normalized spacial score (nSPS) is 17.7. The molecule has 0 radical (unpaired) electrons. The number of piperidine rings is 2. The molecular formula is C42H44FN7O5. The van der Waals surface area contributed by atoms with Crippen LogP contribution in [0.1, 0.15) is 67.2 Å². The molecule has 8 rings (SSSR count). The van der Waals surface area contributed by atoms with Gasteiger partial charge in [-0.25, -0.2) is 9.18 Å². The Balaban J connectivity index is 1.04. The lowest BCUT2D eigenvalue weighted by Crippen LogP contribution is -2.41. The zero-order chi connectivity index (χ0) is 38.5. The molecule has 0 spiro atoms. The topological polar surface area (TPSA) is 139 Å². The van der Waals surface area contributed by atoms with E-state index in [1.165, 1.54) is 26.8 Å². The van der Waals surface area contributed by atoms with E-state index in [0.29, 0.717) is 37.3 Å². The highest BCUT2D eigenvalue weighted by atomic mass is 19.1. The van der Waals surface area contributed by atoms with Gasteiger partial charge in [0.25, 0.3) is 11.1 Å². The zero-order valence-corrected chi connectivity index (χ0v) is 31.2. The molecule has 55 heavy (non-hydrogen) atoms. The summed E-state index contributed by atoms with van der Waals surface area (Å²) in [5, 5.41) is 9.17. The average molecular weight is 746 g/mol. The summed E-state index contributed by atoms with van der Waals surface area (Å²) in [5.74, 6) is -0.749. The lowest BCUT2D eigenvalue weighted by molar-refractivity contribution is -0.134. The van der Waals surface area contributed by atoms with Gasteiger partial charge in [0.1, 0.15) is 17.0 Å². The van der Waals surface area contributed by atoms with Crippen molar-refractivity contribution in [3.05, 3.63) is 120 Å². The first kappa shape index (κ1) is 36.0. The van der Waals surface area contributed by atoms with Crippen molar-refractivity contribution in [2.45, 2.75) is 64.3 Å². The SMILES string of the molecule is Cc1ccc(Nc2c3c(=O)n(C4CC4)c(=O)n(-c4cccc(NCC5CCN(c6ccc([C@@H]7CCC(=O)NC7=O)cc6)CC5)c4)c3c(C)c(=O)n2C)c(F)c1. The van der Waals surface area contributed by atoms with Crippen LogP contribution in [0.15, 0.2) is 81.1 Å². The van der Waals surface area contributed by atoms with Gasteiger partial charge >= 0.3 is 5.69 Å². The molecule has 3 fully saturated rings. The van der Waals surface area contributed by atoms with Crippen LogP contribution in [0.2, 0.25) is 0 Å². The molecule has 2 aromatic heterocycles. The highest BCUT2D eigenvalue weighted by Crippen LogP contribution is 2.35. The molecule has 5 aromatic rings. The first-order valence-corrected chi connectivity index (χ1v) is 19.0. The van der Waals surface area contributed by atoms with Crippen molar-refractivity contribution in [3.8, 4) is 5.69 Å². The Morgan fingerprint density at radius 1 is 0.836 bits per heavy atom. The molecule has 2 aliphatic heterocycles. The van der Waals surface area contributed by atoms with Crippen LogP contribution in [-0.4, -0.2) is 45.1 Å². The van der Waals surface area contributed by atoms with E-state index in [1.807, 2.05) is 30.3 Å². The van der Waals surface area contributed by atoms with Crippen molar-refractivity contribution < 1.29 is 14.0 Å². The van der Waals surface area contributed by atoms with Crippen molar-refractivity contribution in [2.24, 2.45) is 13.0 Å². The van der Waals surface area contributed by atoms with Crippen molar-refractivity contribution in [1.82, 2.24) is 19.0 Å². The van der Waals surface area contributed by atoms with Gasteiger partial charge in [0.05, 0.1) is 22.8 Å². The fourth-order valence-electron chi connectivity index (χ4n) is 8.05. The van der Waals surface area contributed by atoms with E-state index in [-0.39, 0.29) is 51.7 Å². The van der Waals surface area contributed by atoms with Crippen molar-refractivity contribution >= 4 is 45.6 Å². The Morgan fingerprint density at radius 3 is 2.27 bits per heavy atom. The number of imide groups is 1. The first-order valence-electron chi connectivity index (χ1n) is 19.0. The van der Waals surface area contributed by atoms with Gasteiger partial charge in [-0.15, -0.1) is 0 Å². The van der Waals surface area contributed by atoms with Crippen LogP contribution < -0.4 is 37.7 Å². The molecule has 1 atom stereocenters. The highest BCUT2D eigenvalue weighted by Gasteiger charge is 2.32. The van der Waals surface area contributed by atoms with Gasteiger partial charge in [-0.2, -0.15) is 0 Å². The number of halogens is 1. The molecule has 3 aromatic carbocycles. The van der Waals surface area contributed by atoms with Crippen LogP contribution in [0, 0.1) is 25.6 Å². The van der Waals surface area contributed by atoms with Crippen LogP contribution in [0.3, 0.4) is 0 Å². The summed E-state index contributed by atoms with van der Waals surface area (Å²) < 4.78 is 19.1. The third-order valence-electron chi connectivity index (χ3n) is 11.3. The van der Waals surface area contributed by atoms with E-state index in [0.717, 1.165) is 55.0 Å². The largest absolute Gasteiger partial charge is 0.385 e. The molecular weight excluding hydrogens is 702 g/mol. The van der Waals surface area contributed by atoms with Crippen LogP contribution in [0.25, 0.3) is 16.6 Å². The maximum atomic E-state index is 15.1. The van der Waals surface area contributed by atoms with Crippen LogP contribution in [0.5, 0.6) is 0 Å². The average Bonchev–Trinajstić information content (AvgIpc) is 4.01. The third-order valence-corrected chi connectivity index (χ3v) is 11.3. The lowest BCUT2D eigenvalue weighted by Gasteiger charge is -2.34. The summed E-state index contributed by atoms with van der Waals surface area (Å²) >= 11 is 0. The number of nitrogens with zero attached hydrogens (tertiary/aromatic N) is 4. The van der Waals surface area contributed by atoms with Gasteiger partial charge < -0.3 is 15.5 Å². The number of nitrogens with one attached hydrogen (secondary N) is 3. The molecule has 284 valence electrons. The second-order valence-electron chi connectivity index (χ2n) is 15.2. The van der Waals surface area contributed by atoms with Gasteiger partial charge in [0.2, 0.25) is 11.8 Å². The number of fused-ring (bicyclic) bond motifs is 1. The molecule has 13 heteroatoms. The van der Waals surface area contributed by atoms with Crippen LogP contribution >= 0.6 is 0 Å². The van der Waals surface area contributed by atoms with Crippen molar-refractivity contribution in [1.29, 1.82) is 0 Å². The molecule has 12 nitrogen and oxygen atoms in total. The van der Waals surface area contributed by atoms with Gasteiger partial charge in [-0.1, -0.05) is 24.3 Å². The summed E-state index contributed by atoms with van der Waals surface area (Å²) in [5.41, 5.74) is 3.16. The maximum absolute atomic E-state index is 15.1. The quantitative estimate of drug-likeness (QED) is 0.168. The molecule has 0 unspecified atom stereocenters. The number of carbonyl (C=O) groups is 2. The number of aryl methyl sites for hydroxylation is 2. The Morgan fingerprint density at radius 2 is 1.58 bits per heavy atom. The summed E-state index contributed by atoms with van der Waals surface area (Å²) in [6.07, 6.45) is 4.20.